The SMILES string of the molecule is C[C@@H]1CN(Cc2ccc([N+](=O)[O-])cc2C(F)(F)F)CCN1C. The molecule has 1 aromatic rings. The lowest BCUT2D eigenvalue weighted by atomic mass is 10.0. The van der Waals surface area contributed by atoms with Crippen LogP contribution in [0.1, 0.15) is 18.1 Å². The summed E-state index contributed by atoms with van der Waals surface area (Å²) < 4.78 is 39.4. The van der Waals surface area contributed by atoms with Gasteiger partial charge in [-0.3, -0.25) is 15.0 Å². The Balaban J connectivity index is 2.25. The fourth-order valence-electron chi connectivity index (χ4n) is 2.59. The van der Waals surface area contributed by atoms with E-state index in [0.717, 1.165) is 12.6 Å². The first-order valence-electron chi connectivity index (χ1n) is 6.95. The third kappa shape index (κ3) is 3.75. The third-order valence-corrected chi connectivity index (χ3v) is 4.05. The van der Waals surface area contributed by atoms with E-state index in [4.69, 9.17) is 0 Å². The fourth-order valence-corrected chi connectivity index (χ4v) is 2.59. The van der Waals surface area contributed by atoms with Crippen LogP contribution >= 0.6 is 0 Å². The molecule has 0 spiro atoms. The van der Waals surface area contributed by atoms with Gasteiger partial charge < -0.3 is 4.90 Å². The minimum Gasteiger partial charge on any atom is -0.301 e. The second-order valence-electron chi connectivity index (χ2n) is 5.66. The summed E-state index contributed by atoms with van der Waals surface area (Å²) in [5.41, 5.74) is -1.38. The van der Waals surface area contributed by atoms with Crippen LogP contribution in [0.3, 0.4) is 0 Å². The average Bonchev–Trinajstić information content (AvgIpc) is 2.42. The molecule has 1 saturated heterocycles. The molecule has 122 valence electrons. The van der Waals surface area contributed by atoms with Crippen molar-refractivity contribution >= 4 is 5.69 Å². The molecule has 0 aromatic heterocycles. The quantitative estimate of drug-likeness (QED) is 0.635. The van der Waals surface area contributed by atoms with Gasteiger partial charge in [-0.05, 0) is 19.5 Å². The van der Waals surface area contributed by atoms with Crippen molar-refractivity contribution in [3.05, 3.63) is 39.4 Å². The Kier molecular flexibility index (Phi) is 4.72. The van der Waals surface area contributed by atoms with Crippen LogP contribution in [-0.4, -0.2) is 47.4 Å². The Morgan fingerprint density at radius 3 is 2.59 bits per heavy atom. The van der Waals surface area contributed by atoms with Crippen LogP contribution in [0.25, 0.3) is 0 Å². The minimum atomic E-state index is -4.60. The Bertz CT molecular complexity index is 563. The summed E-state index contributed by atoms with van der Waals surface area (Å²) in [7, 11) is 1.98. The van der Waals surface area contributed by atoms with E-state index < -0.39 is 22.4 Å². The maximum absolute atomic E-state index is 13.1. The van der Waals surface area contributed by atoms with Gasteiger partial charge in [0.25, 0.3) is 5.69 Å². The van der Waals surface area contributed by atoms with Gasteiger partial charge in [-0.2, -0.15) is 13.2 Å². The Morgan fingerprint density at radius 1 is 1.36 bits per heavy atom. The summed E-state index contributed by atoms with van der Waals surface area (Å²) in [5.74, 6) is 0. The average molecular weight is 317 g/mol. The van der Waals surface area contributed by atoms with Gasteiger partial charge >= 0.3 is 6.18 Å². The molecule has 0 saturated carbocycles. The molecule has 1 heterocycles. The van der Waals surface area contributed by atoms with Crippen molar-refractivity contribution < 1.29 is 18.1 Å². The number of hydrogen-bond acceptors (Lipinski definition) is 4. The molecule has 0 radical (unpaired) electrons. The molecule has 0 unspecified atom stereocenters. The number of benzene rings is 1. The van der Waals surface area contributed by atoms with E-state index >= 15 is 0 Å². The van der Waals surface area contributed by atoms with Gasteiger partial charge in [0, 0.05) is 44.4 Å². The summed E-state index contributed by atoms with van der Waals surface area (Å²) in [5, 5.41) is 10.7. The number of hydrogen-bond donors (Lipinski definition) is 0. The molecule has 0 amide bonds. The van der Waals surface area contributed by atoms with Gasteiger partial charge in [0.15, 0.2) is 0 Å². The van der Waals surface area contributed by atoms with Crippen LogP contribution in [0.2, 0.25) is 0 Å². The Labute approximate surface area is 126 Å². The van der Waals surface area contributed by atoms with Gasteiger partial charge in [0.05, 0.1) is 10.5 Å². The smallest absolute Gasteiger partial charge is 0.301 e. The number of nitro benzene ring substituents is 1. The molecule has 0 bridgehead atoms. The third-order valence-electron chi connectivity index (χ3n) is 4.05. The van der Waals surface area contributed by atoms with Crippen LogP contribution < -0.4 is 0 Å². The molecule has 0 aliphatic carbocycles. The molecule has 1 aromatic carbocycles. The number of nitrogens with zero attached hydrogens (tertiary/aromatic N) is 3. The Hall–Kier alpha value is -1.67. The molecule has 5 nitrogen and oxygen atoms in total. The van der Waals surface area contributed by atoms with Crippen LogP contribution in [-0.2, 0) is 12.7 Å². The zero-order valence-electron chi connectivity index (χ0n) is 12.4. The van der Waals surface area contributed by atoms with Crippen LogP contribution in [0.5, 0.6) is 0 Å². The van der Waals surface area contributed by atoms with Gasteiger partial charge in [-0.1, -0.05) is 6.07 Å². The van der Waals surface area contributed by atoms with Crippen LogP contribution in [0, 0.1) is 10.1 Å². The lowest BCUT2D eigenvalue weighted by Gasteiger charge is -2.38. The van der Waals surface area contributed by atoms with Crippen molar-refractivity contribution in [2.45, 2.75) is 25.7 Å². The highest BCUT2D eigenvalue weighted by Gasteiger charge is 2.35. The van der Waals surface area contributed by atoms with E-state index in [1.54, 1.807) is 0 Å². The number of nitro groups is 1. The van der Waals surface area contributed by atoms with Crippen LogP contribution in [0.4, 0.5) is 18.9 Å². The first-order chi connectivity index (χ1) is 10.2. The van der Waals surface area contributed by atoms with Gasteiger partial charge in [-0.25, -0.2) is 0 Å². The zero-order chi connectivity index (χ0) is 16.5. The first-order valence-corrected chi connectivity index (χ1v) is 6.95. The maximum atomic E-state index is 13.1. The van der Waals surface area contributed by atoms with Gasteiger partial charge in [-0.15, -0.1) is 0 Å². The summed E-state index contributed by atoms with van der Waals surface area (Å²) in [6.07, 6.45) is -4.60. The number of likely N-dealkylation sites (N-methyl/N-ethyl adjacent to an activating group) is 1. The van der Waals surface area contributed by atoms with Crippen molar-refractivity contribution in [2.75, 3.05) is 26.7 Å². The van der Waals surface area contributed by atoms with E-state index in [0.29, 0.717) is 19.2 Å². The highest BCUT2D eigenvalue weighted by atomic mass is 19.4. The van der Waals surface area contributed by atoms with E-state index in [1.807, 2.05) is 18.9 Å². The predicted octanol–water partition coefficient (Wildman–Crippen LogP) is 2.75. The summed E-state index contributed by atoms with van der Waals surface area (Å²) >= 11 is 0. The monoisotopic (exact) mass is 317 g/mol. The molecule has 1 fully saturated rings. The molecule has 0 N–H and O–H groups in total. The summed E-state index contributed by atoms with van der Waals surface area (Å²) in [6, 6.07) is 3.23. The zero-order valence-corrected chi connectivity index (χ0v) is 12.4. The molecular formula is C14H18F3N3O2. The van der Waals surface area contributed by atoms with Crippen molar-refractivity contribution in [3.63, 3.8) is 0 Å². The van der Waals surface area contributed by atoms with E-state index in [2.05, 4.69) is 4.90 Å². The number of alkyl halides is 3. The lowest BCUT2D eigenvalue weighted by Crippen LogP contribution is -2.49. The normalized spacial score (nSPS) is 21.0. The fraction of sp³-hybridized carbons (Fsp3) is 0.571. The van der Waals surface area contributed by atoms with Crippen molar-refractivity contribution in [1.82, 2.24) is 9.80 Å². The summed E-state index contributed by atoms with van der Waals surface area (Å²) in [4.78, 5) is 14.0. The molecule has 1 atom stereocenters. The van der Waals surface area contributed by atoms with E-state index in [9.17, 15) is 23.3 Å². The van der Waals surface area contributed by atoms with Crippen LogP contribution in [0.15, 0.2) is 18.2 Å². The van der Waals surface area contributed by atoms with E-state index in [-0.39, 0.29) is 18.2 Å². The maximum Gasteiger partial charge on any atom is 0.416 e. The highest BCUT2D eigenvalue weighted by Crippen LogP contribution is 2.35. The number of piperazine rings is 1. The lowest BCUT2D eigenvalue weighted by molar-refractivity contribution is -0.385. The number of rotatable bonds is 3. The topological polar surface area (TPSA) is 49.6 Å². The summed E-state index contributed by atoms with van der Waals surface area (Å²) in [6.45, 7) is 4.30. The standard InChI is InChI=1S/C14H18F3N3O2/c1-10-8-19(6-5-18(10)2)9-11-3-4-12(20(21)22)7-13(11)14(15,16)17/h3-4,7,10H,5-6,8-9H2,1-2H3/t10-/m1/s1. The highest BCUT2D eigenvalue weighted by molar-refractivity contribution is 5.41. The molecular weight excluding hydrogens is 299 g/mol. The molecule has 2 rings (SSSR count). The second-order valence-corrected chi connectivity index (χ2v) is 5.66. The number of non-ortho nitro benzene ring substituents is 1. The molecule has 1 aliphatic rings. The Morgan fingerprint density at radius 2 is 2.05 bits per heavy atom. The first kappa shape index (κ1) is 16.7. The van der Waals surface area contributed by atoms with E-state index in [1.165, 1.54) is 6.07 Å². The predicted molar refractivity (Wildman–Crippen MR) is 75.5 cm³/mol. The molecule has 1 aliphatic heterocycles. The molecule has 8 heteroatoms. The van der Waals surface area contributed by atoms with Crippen molar-refractivity contribution in [1.29, 1.82) is 0 Å². The minimum absolute atomic E-state index is 0.0786. The largest absolute Gasteiger partial charge is 0.416 e. The van der Waals surface area contributed by atoms with Crippen molar-refractivity contribution in [2.24, 2.45) is 0 Å². The number of halogens is 3. The second kappa shape index (κ2) is 6.21. The molecule has 22 heavy (non-hydrogen) atoms. The van der Waals surface area contributed by atoms with Crippen molar-refractivity contribution in [3.8, 4) is 0 Å². The van der Waals surface area contributed by atoms with Gasteiger partial charge in [0.2, 0.25) is 0 Å². The van der Waals surface area contributed by atoms with Gasteiger partial charge in [0.1, 0.15) is 0 Å².